The first-order valence-corrected chi connectivity index (χ1v) is 9.47. The number of methoxy groups -OCH3 is 1. The maximum Gasteiger partial charge on any atom is 0.244 e. The van der Waals surface area contributed by atoms with E-state index in [1.54, 1.807) is 23.8 Å². The van der Waals surface area contributed by atoms with Crippen LogP contribution in [0.1, 0.15) is 17.2 Å². The van der Waals surface area contributed by atoms with E-state index in [-0.39, 0.29) is 11.2 Å². The normalized spacial score (nSPS) is 16.5. The molecule has 1 atom stereocenters. The molecule has 2 aromatic carbocycles. The lowest BCUT2D eigenvalue weighted by Gasteiger charge is -2.32. The van der Waals surface area contributed by atoms with Crippen LogP contribution in [0.3, 0.4) is 0 Å². The molecule has 0 N–H and O–H groups in total. The lowest BCUT2D eigenvalue weighted by molar-refractivity contribution is -0.118. The molecule has 0 aliphatic carbocycles. The van der Waals surface area contributed by atoms with Gasteiger partial charge in [0.25, 0.3) is 0 Å². The summed E-state index contributed by atoms with van der Waals surface area (Å²) in [5.41, 5.74) is 1.76. The van der Waals surface area contributed by atoms with Gasteiger partial charge in [-0.2, -0.15) is 0 Å². The predicted octanol–water partition coefficient (Wildman–Crippen LogP) is 4.51. The Bertz CT molecular complexity index is 768. The summed E-state index contributed by atoms with van der Waals surface area (Å²) >= 11 is 7.28. The highest BCUT2D eigenvalue weighted by Gasteiger charge is 2.34. The number of benzene rings is 2. The van der Waals surface area contributed by atoms with Gasteiger partial charge in [-0.25, -0.2) is 0 Å². The molecule has 0 saturated carbocycles. The third kappa shape index (κ3) is 3.72. The van der Waals surface area contributed by atoms with E-state index in [1.807, 2.05) is 49.5 Å². The summed E-state index contributed by atoms with van der Waals surface area (Å²) in [4.78, 5) is 15.7. The Hall–Kier alpha value is -1.85. The highest BCUT2D eigenvalue weighted by atomic mass is 35.5. The second kappa shape index (κ2) is 8.02. The number of hydrogen-bond donors (Lipinski definition) is 0. The summed E-state index contributed by atoms with van der Waals surface area (Å²) in [6, 6.07) is 13.5. The molecular formula is C19H20ClNO3S. The molecule has 0 saturated heterocycles. The summed E-state index contributed by atoms with van der Waals surface area (Å²) in [5, 5.41) is -0.374. The first-order valence-electron chi connectivity index (χ1n) is 8.05. The van der Waals surface area contributed by atoms with Crippen molar-refractivity contribution in [1.82, 2.24) is 0 Å². The first kappa shape index (κ1) is 18.0. The number of thioether (sulfide) groups is 1. The number of carbonyl (C=O) groups is 1. The van der Waals surface area contributed by atoms with Gasteiger partial charge in [0.05, 0.1) is 19.4 Å². The monoisotopic (exact) mass is 377 g/mol. The van der Waals surface area contributed by atoms with Crippen molar-refractivity contribution in [1.29, 1.82) is 0 Å². The molecule has 2 aromatic rings. The minimum Gasteiger partial charge on any atom is -0.497 e. The molecule has 132 valence electrons. The van der Waals surface area contributed by atoms with Gasteiger partial charge < -0.3 is 14.4 Å². The number of hydrogen-bond acceptors (Lipinski definition) is 4. The lowest BCUT2D eigenvalue weighted by Crippen LogP contribution is -2.33. The van der Waals surface area contributed by atoms with Gasteiger partial charge in [-0.05, 0) is 36.8 Å². The van der Waals surface area contributed by atoms with Crippen LogP contribution in [0, 0.1) is 0 Å². The second-order valence-corrected chi connectivity index (χ2v) is 7.18. The van der Waals surface area contributed by atoms with Gasteiger partial charge in [-0.15, -0.1) is 23.4 Å². The van der Waals surface area contributed by atoms with Crippen LogP contribution in [-0.2, 0) is 4.79 Å². The van der Waals surface area contributed by atoms with Crippen molar-refractivity contribution in [3.05, 3.63) is 48.0 Å². The molecule has 1 heterocycles. The van der Waals surface area contributed by atoms with E-state index in [0.29, 0.717) is 24.0 Å². The van der Waals surface area contributed by atoms with E-state index in [0.717, 1.165) is 22.6 Å². The number of likely N-dealkylation sites (N-methyl/N-ethyl adjacent to an activating group) is 1. The van der Waals surface area contributed by atoms with Crippen molar-refractivity contribution in [2.24, 2.45) is 0 Å². The quantitative estimate of drug-likeness (QED) is 0.548. The maximum atomic E-state index is 13.0. The number of fused-ring (bicyclic) bond motifs is 1. The van der Waals surface area contributed by atoms with Gasteiger partial charge >= 0.3 is 0 Å². The van der Waals surface area contributed by atoms with Crippen LogP contribution >= 0.6 is 23.4 Å². The fourth-order valence-electron chi connectivity index (χ4n) is 2.73. The number of para-hydroxylation sites is 1. The van der Waals surface area contributed by atoms with E-state index in [4.69, 9.17) is 21.1 Å². The number of ether oxygens (including phenoxy) is 2. The van der Waals surface area contributed by atoms with E-state index in [9.17, 15) is 4.79 Å². The SMILES string of the molecule is COc1ccc(OCCCCl)c(C2Sc3ccccc3N(C)C2=O)c1. The van der Waals surface area contributed by atoms with Crippen LogP contribution in [0.5, 0.6) is 11.5 Å². The molecule has 1 amide bonds. The average Bonchev–Trinajstić information content (AvgIpc) is 2.65. The van der Waals surface area contributed by atoms with Crippen LogP contribution in [-0.4, -0.2) is 32.6 Å². The van der Waals surface area contributed by atoms with Crippen molar-refractivity contribution < 1.29 is 14.3 Å². The zero-order valence-corrected chi connectivity index (χ0v) is 15.8. The van der Waals surface area contributed by atoms with Gasteiger partial charge in [0, 0.05) is 23.4 Å². The fraction of sp³-hybridized carbons (Fsp3) is 0.316. The zero-order valence-electron chi connectivity index (χ0n) is 14.2. The van der Waals surface area contributed by atoms with Crippen molar-refractivity contribution in [3.8, 4) is 11.5 Å². The molecular weight excluding hydrogens is 358 g/mol. The molecule has 4 nitrogen and oxygen atoms in total. The fourth-order valence-corrected chi connectivity index (χ4v) is 4.14. The highest BCUT2D eigenvalue weighted by molar-refractivity contribution is 8.00. The molecule has 3 rings (SSSR count). The van der Waals surface area contributed by atoms with Gasteiger partial charge in [0.1, 0.15) is 16.7 Å². The Balaban J connectivity index is 1.98. The van der Waals surface area contributed by atoms with Crippen molar-refractivity contribution in [2.45, 2.75) is 16.6 Å². The summed E-state index contributed by atoms with van der Waals surface area (Å²) in [6.45, 7) is 0.515. The number of alkyl halides is 1. The molecule has 1 aliphatic heterocycles. The Morgan fingerprint density at radius 1 is 1.24 bits per heavy atom. The molecule has 6 heteroatoms. The Morgan fingerprint density at radius 2 is 2.04 bits per heavy atom. The summed E-state index contributed by atoms with van der Waals surface area (Å²) in [7, 11) is 3.42. The van der Waals surface area contributed by atoms with Crippen molar-refractivity contribution in [2.75, 3.05) is 31.5 Å². The number of rotatable bonds is 6. The summed E-state index contributed by atoms with van der Waals surface area (Å²) in [5.74, 6) is 1.97. The van der Waals surface area contributed by atoms with Crippen LogP contribution in [0.2, 0.25) is 0 Å². The maximum absolute atomic E-state index is 13.0. The standard InChI is InChI=1S/C19H20ClNO3S/c1-21-15-6-3-4-7-17(15)25-18(19(21)22)14-12-13(23-2)8-9-16(14)24-11-5-10-20/h3-4,6-9,12,18H,5,10-11H2,1-2H3. The van der Waals surface area contributed by atoms with Crippen LogP contribution < -0.4 is 14.4 Å². The molecule has 0 bridgehead atoms. The van der Waals surface area contributed by atoms with E-state index in [2.05, 4.69) is 0 Å². The average molecular weight is 378 g/mol. The molecule has 25 heavy (non-hydrogen) atoms. The third-order valence-electron chi connectivity index (χ3n) is 4.06. The Labute approximate surface area is 157 Å². The molecule has 1 unspecified atom stereocenters. The Morgan fingerprint density at radius 3 is 2.80 bits per heavy atom. The molecule has 0 radical (unpaired) electrons. The van der Waals surface area contributed by atoms with Gasteiger partial charge in [-0.1, -0.05) is 12.1 Å². The highest BCUT2D eigenvalue weighted by Crippen LogP contribution is 2.48. The van der Waals surface area contributed by atoms with Crippen LogP contribution in [0.25, 0.3) is 0 Å². The first-order chi connectivity index (χ1) is 12.2. The molecule has 0 aromatic heterocycles. The van der Waals surface area contributed by atoms with Gasteiger partial charge in [0.15, 0.2) is 0 Å². The van der Waals surface area contributed by atoms with Crippen molar-refractivity contribution >= 4 is 35.0 Å². The zero-order chi connectivity index (χ0) is 17.8. The number of amides is 1. The van der Waals surface area contributed by atoms with Gasteiger partial charge in [0.2, 0.25) is 5.91 Å². The van der Waals surface area contributed by atoms with E-state index in [1.165, 1.54) is 0 Å². The smallest absolute Gasteiger partial charge is 0.244 e. The van der Waals surface area contributed by atoms with Crippen LogP contribution in [0.4, 0.5) is 5.69 Å². The summed E-state index contributed by atoms with van der Waals surface area (Å²) in [6.07, 6.45) is 0.752. The predicted molar refractivity (Wildman–Crippen MR) is 102 cm³/mol. The number of carbonyl (C=O) groups excluding carboxylic acids is 1. The van der Waals surface area contributed by atoms with E-state index < -0.39 is 0 Å². The number of anilines is 1. The number of nitrogens with zero attached hydrogens (tertiary/aromatic N) is 1. The largest absolute Gasteiger partial charge is 0.497 e. The minimum absolute atomic E-state index is 0.0270. The topological polar surface area (TPSA) is 38.8 Å². The molecule has 0 fully saturated rings. The molecule has 0 spiro atoms. The lowest BCUT2D eigenvalue weighted by atomic mass is 10.1. The Kier molecular flexibility index (Phi) is 5.76. The second-order valence-electron chi connectivity index (χ2n) is 5.66. The summed E-state index contributed by atoms with van der Waals surface area (Å²) < 4.78 is 11.2. The molecule has 1 aliphatic rings. The van der Waals surface area contributed by atoms with Crippen molar-refractivity contribution in [3.63, 3.8) is 0 Å². The van der Waals surface area contributed by atoms with E-state index >= 15 is 0 Å². The minimum atomic E-state index is -0.374. The number of halogens is 1. The third-order valence-corrected chi connectivity index (χ3v) is 5.62. The van der Waals surface area contributed by atoms with Crippen LogP contribution in [0.15, 0.2) is 47.4 Å². The van der Waals surface area contributed by atoms with Gasteiger partial charge in [-0.3, -0.25) is 4.79 Å².